The van der Waals surface area contributed by atoms with Gasteiger partial charge < -0.3 is 10.1 Å². The van der Waals surface area contributed by atoms with Gasteiger partial charge in [-0.2, -0.15) is 23.3 Å². The standard InChI is InChI=1S/C19H19F3N4O2/c1-4-12-6-5-7-13(8-12)23-15(27)10-28-16-9-14(19(20,21)22)17-11(2)25-26(3)18(17)24-16/h5-9H,4,10H2,1-3H3,(H,23,27). The number of carbonyl (C=O) groups excluding carboxylic acids is 1. The smallest absolute Gasteiger partial charge is 0.417 e. The number of amides is 1. The average molecular weight is 392 g/mol. The number of nitrogens with zero attached hydrogens (tertiary/aromatic N) is 3. The summed E-state index contributed by atoms with van der Waals surface area (Å²) in [6.07, 6.45) is -3.79. The van der Waals surface area contributed by atoms with Crippen LogP contribution in [0.15, 0.2) is 30.3 Å². The first-order valence-electron chi connectivity index (χ1n) is 8.62. The number of ether oxygens (including phenoxy) is 1. The molecule has 0 spiro atoms. The van der Waals surface area contributed by atoms with Crippen LogP contribution in [0.2, 0.25) is 0 Å². The van der Waals surface area contributed by atoms with E-state index in [1.165, 1.54) is 18.7 Å². The fourth-order valence-electron chi connectivity index (χ4n) is 2.92. The first kappa shape index (κ1) is 19.7. The number of hydrogen-bond donors (Lipinski definition) is 1. The van der Waals surface area contributed by atoms with Gasteiger partial charge in [0.05, 0.1) is 16.6 Å². The number of aromatic nitrogens is 3. The first-order valence-corrected chi connectivity index (χ1v) is 8.62. The molecule has 3 rings (SSSR count). The van der Waals surface area contributed by atoms with Crippen molar-refractivity contribution >= 4 is 22.6 Å². The Hall–Kier alpha value is -3.10. The predicted octanol–water partition coefficient (Wildman–Crippen LogP) is 3.88. The van der Waals surface area contributed by atoms with Crippen LogP contribution in [0.25, 0.3) is 11.0 Å². The minimum absolute atomic E-state index is 0.0402. The molecule has 0 aliphatic heterocycles. The van der Waals surface area contributed by atoms with E-state index in [1.807, 2.05) is 25.1 Å². The molecular formula is C19H19F3N4O2. The number of rotatable bonds is 5. The molecule has 1 N–H and O–H groups in total. The van der Waals surface area contributed by atoms with Gasteiger partial charge in [-0.3, -0.25) is 9.48 Å². The number of nitrogens with one attached hydrogen (secondary N) is 1. The van der Waals surface area contributed by atoms with Crippen LogP contribution in [0, 0.1) is 6.92 Å². The molecule has 0 atom stereocenters. The van der Waals surface area contributed by atoms with Crippen molar-refractivity contribution in [3.63, 3.8) is 0 Å². The SMILES string of the molecule is CCc1cccc(NC(=O)COc2cc(C(F)(F)F)c3c(C)nn(C)c3n2)c1. The number of halogens is 3. The molecule has 0 bridgehead atoms. The molecule has 2 heterocycles. The van der Waals surface area contributed by atoms with Crippen LogP contribution in [0.5, 0.6) is 5.88 Å². The van der Waals surface area contributed by atoms with Crippen molar-refractivity contribution in [2.75, 3.05) is 11.9 Å². The Morgan fingerprint density at radius 2 is 2.04 bits per heavy atom. The third-order valence-corrected chi connectivity index (χ3v) is 4.22. The Balaban J connectivity index is 1.80. The van der Waals surface area contributed by atoms with E-state index in [1.54, 1.807) is 6.07 Å². The molecule has 0 saturated carbocycles. The summed E-state index contributed by atoms with van der Waals surface area (Å²) < 4.78 is 46.8. The summed E-state index contributed by atoms with van der Waals surface area (Å²) in [5.74, 6) is -0.787. The average Bonchev–Trinajstić information content (AvgIpc) is 2.92. The van der Waals surface area contributed by atoms with E-state index < -0.39 is 24.3 Å². The van der Waals surface area contributed by atoms with E-state index in [-0.39, 0.29) is 22.6 Å². The Morgan fingerprint density at radius 1 is 1.29 bits per heavy atom. The lowest BCUT2D eigenvalue weighted by atomic mass is 10.1. The zero-order chi connectivity index (χ0) is 20.5. The van der Waals surface area contributed by atoms with E-state index in [4.69, 9.17) is 4.74 Å². The van der Waals surface area contributed by atoms with E-state index in [2.05, 4.69) is 15.4 Å². The second-order valence-electron chi connectivity index (χ2n) is 6.30. The maximum atomic E-state index is 13.4. The fraction of sp³-hybridized carbons (Fsp3) is 0.316. The summed E-state index contributed by atoms with van der Waals surface area (Å²) in [5, 5.41) is 6.56. The summed E-state index contributed by atoms with van der Waals surface area (Å²) in [6, 6.07) is 8.08. The van der Waals surface area contributed by atoms with Gasteiger partial charge in [0.15, 0.2) is 12.3 Å². The molecule has 0 aliphatic carbocycles. The number of aryl methyl sites for hydroxylation is 3. The van der Waals surface area contributed by atoms with Crippen molar-refractivity contribution in [3.8, 4) is 5.88 Å². The number of anilines is 1. The highest BCUT2D eigenvalue weighted by Gasteiger charge is 2.35. The number of benzene rings is 1. The highest BCUT2D eigenvalue weighted by atomic mass is 19.4. The Morgan fingerprint density at radius 3 is 2.71 bits per heavy atom. The van der Waals surface area contributed by atoms with Gasteiger partial charge in [0.25, 0.3) is 5.91 Å². The zero-order valence-corrected chi connectivity index (χ0v) is 15.6. The van der Waals surface area contributed by atoms with Crippen molar-refractivity contribution in [2.45, 2.75) is 26.4 Å². The summed E-state index contributed by atoms with van der Waals surface area (Å²) >= 11 is 0. The summed E-state index contributed by atoms with van der Waals surface area (Å²) in [7, 11) is 1.50. The van der Waals surface area contributed by atoms with Gasteiger partial charge >= 0.3 is 6.18 Å². The van der Waals surface area contributed by atoms with Gasteiger partial charge in [-0.05, 0) is 31.0 Å². The number of fused-ring (bicyclic) bond motifs is 1. The molecule has 6 nitrogen and oxygen atoms in total. The molecule has 1 amide bonds. The molecule has 3 aromatic rings. The van der Waals surface area contributed by atoms with E-state index >= 15 is 0 Å². The van der Waals surface area contributed by atoms with Gasteiger partial charge in [0.1, 0.15) is 0 Å². The maximum Gasteiger partial charge on any atom is 0.417 e. The second-order valence-corrected chi connectivity index (χ2v) is 6.30. The normalized spacial score (nSPS) is 11.6. The topological polar surface area (TPSA) is 69.0 Å². The van der Waals surface area contributed by atoms with Crippen LogP contribution in [0.1, 0.15) is 23.7 Å². The van der Waals surface area contributed by atoms with Crippen LogP contribution in [-0.2, 0) is 24.4 Å². The van der Waals surface area contributed by atoms with Gasteiger partial charge in [0.2, 0.25) is 5.88 Å². The van der Waals surface area contributed by atoms with Crippen LogP contribution < -0.4 is 10.1 Å². The number of alkyl halides is 3. The summed E-state index contributed by atoms with van der Waals surface area (Å²) in [5.41, 5.74) is 1.01. The van der Waals surface area contributed by atoms with Crippen molar-refractivity contribution in [1.82, 2.24) is 14.8 Å². The molecule has 0 radical (unpaired) electrons. The molecule has 9 heteroatoms. The lowest BCUT2D eigenvalue weighted by molar-refractivity contribution is -0.136. The maximum absolute atomic E-state index is 13.4. The Kier molecular flexibility index (Phi) is 5.26. The molecule has 2 aromatic heterocycles. The molecule has 0 fully saturated rings. The van der Waals surface area contributed by atoms with Crippen molar-refractivity contribution < 1.29 is 22.7 Å². The van der Waals surface area contributed by atoms with Gasteiger partial charge in [-0.1, -0.05) is 19.1 Å². The number of carbonyl (C=O) groups is 1. The third kappa shape index (κ3) is 4.08. The number of hydrogen-bond acceptors (Lipinski definition) is 4. The second kappa shape index (κ2) is 7.49. The van der Waals surface area contributed by atoms with Gasteiger partial charge in [-0.15, -0.1) is 0 Å². The predicted molar refractivity (Wildman–Crippen MR) is 98.2 cm³/mol. The largest absolute Gasteiger partial charge is 0.467 e. The van der Waals surface area contributed by atoms with Crippen LogP contribution in [-0.4, -0.2) is 27.3 Å². The quantitative estimate of drug-likeness (QED) is 0.716. The van der Waals surface area contributed by atoms with Crippen molar-refractivity contribution in [3.05, 3.63) is 47.2 Å². The minimum Gasteiger partial charge on any atom is -0.467 e. The summed E-state index contributed by atoms with van der Waals surface area (Å²) in [6.45, 7) is 3.00. The third-order valence-electron chi connectivity index (χ3n) is 4.22. The minimum atomic E-state index is -4.60. The zero-order valence-electron chi connectivity index (χ0n) is 15.6. The highest BCUT2D eigenvalue weighted by Crippen LogP contribution is 2.37. The molecule has 0 unspecified atom stereocenters. The van der Waals surface area contributed by atoms with E-state index in [9.17, 15) is 18.0 Å². The lowest BCUT2D eigenvalue weighted by Crippen LogP contribution is -2.21. The number of pyridine rings is 1. The first-order chi connectivity index (χ1) is 13.2. The Labute approximate surface area is 159 Å². The van der Waals surface area contributed by atoms with Crippen LogP contribution >= 0.6 is 0 Å². The van der Waals surface area contributed by atoms with E-state index in [0.717, 1.165) is 18.1 Å². The van der Waals surface area contributed by atoms with Crippen LogP contribution in [0.4, 0.5) is 18.9 Å². The molecule has 0 saturated heterocycles. The van der Waals surface area contributed by atoms with Crippen LogP contribution in [0.3, 0.4) is 0 Å². The monoisotopic (exact) mass is 392 g/mol. The fourth-order valence-corrected chi connectivity index (χ4v) is 2.92. The molecular weight excluding hydrogens is 373 g/mol. The van der Waals surface area contributed by atoms with Gasteiger partial charge in [-0.25, -0.2) is 0 Å². The molecule has 1 aromatic carbocycles. The Bertz CT molecular complexity index is 1030. The molecule has 148 valence electrons. The van der Waals surface area contributed by atoms with Gasteiger partial charge in [0, 0.05) is 18.8 Å². The van der Waals surface area contributed by atoms with Crippen molar-refractivity contribution in [1.29, 1.82) is 0 Å². The molecule has 28 heavy (non-hydrogen) atoms. The highest BCUT2D eigenvalue weighted by molar-refractivity contribution is 5.92. The summed E-state index contributed by atoms with van der Waals surface area (Å²) in [4.78, 5) is 16.2. The molecule has 0 aliphatic rings. The lowest BCUT2D eigenvalue weighted by Gasteiger charge is -2.12. The van der Waals surface area contributed by atoms with E-state index in [0.29, 0.717) is 5.69 Å². The van der Waals surface area contributed by atoms with Crippen molar-refractivity contribution in [2.24, 2.45) is 7.05 Å².